The third-order valence-electron chi connectivity index (χ3n) is 5.40. The second-order valence-electron chi connectivity index (χ2n) is 7.37. The number of fused-ring (bicyclic) bond motifs is 3. The van der Waals surface area contributed by atoms with Crippen molar-refractivity contribution in [3.63, 3.8) is 0 Å². The predicted octanol–water partition coefficient (Wildman–Crippen LogP) is 7.21. The molecule has 0 bridgehead atoms. The maximum Gasteiger partial charge on any atom is 0.194 e. The van der Waals surface area contributed by atoms with Gasteiger partial charge in [0.15, 0.2) is 17.5 Å². The second-order valence-corrected chi connectivity index (χ2v) is 7.37. The molecule has 0 saturated carbocycles. The van der Waals surface area contributed by atoms with E-state index < -0.39 is 23.3 Å². The predicted molar refractivity (Wildman–Crippen MR) is 103 cm³/mol. The molecule has 0 amide bonds. The largest absolute Gasteiger partial charge is 0.206 e. The highest BCUT2D eigenvalue weighted by atomic mass is 19.2. The molecule has 0 nitrogen and oxygen atoms in total. The summed E-state index contributed by atoms with van der Waals surface area (Å²) in [5.41, 5.74) is 5.18. The van der Waals surface area contributed by atoms with Gasteiger partial charge in [-0.3, -0.25) is 0 Å². The molecule has 0 N–H and O–H groups in total. The molecule has 3 aromatic rings. The molecule has 1 aliphatic carbocycles. The van der Waals surface area contributed by atoms with Crippen molar-refractivity contribution in [3.8, 4) is 22.3 Å². The molecule has 0 unspecified atom stereocenters. The van der Waals surface area contributed by atoms with Gasteiger partial charge >= 0.3 is 0 Å². The highest BCUT2D eigenvalue weighted by molar-refractivity contribution is 5.80. The number of hydrogen-bond donors (Lipinski definition) is 0. The van der Waals surface area contributed by atoms with Crippen LogP contribution >= 0.6 is 0 Å². The van der Waals surface area contributed by atoms with Gasteiger partial charge in [-0.2, -0.15) is 0 Å². The number of benzene rings is 3. The highest BCUT2D eigenvalue weighted by Crippen LogP contribution is 2.40. The molecule has 0 aromatic heterocycles. The van der Waals surface area contributed by atoms with Crippen molar-refractivity contribution < 1.29 is 17.6 Å². The summed E-state index contributed by atoms with van der Waals surface area (Å²) in [4.78, 5) is 0. The summed E-state index contributed by atoms with van der Waals surface area (Å²) in [5, 5.41) is 0. The summed E-state index contributed by atoms with van der Waals surface area (Å²) in [6.45, 7) is 2.17. The Hall–Kier alpha value is -2.62. The number of hydrogen-bond acceptors (Lipinski definition) is 0. The Kier molecular flexibility index (Phi) is 4.96. The van der Waals surface area contributed by atoms with E-state index in [-0.39, 0.29) is 11.1 Å². The molecule has 0 heterocycles. The Balaban J connectivity index is 1.69. The van der Waals surface area contributed by atoms with Gasteiger partial charge < -0.3 is 0 Å². The lowest BCUT2D eigenvalue weighted by molar-refractivity contribution is 0.447. The zero-order chi connectivity index (χ0) is 19.8. The molecule has 4 heteroatoms. The minimum atomic E-state index is -1.55. The third-order valence-corrected chi connectivity index (χ3v) is 5.40. The second kappa shape index (κ2) is 7.42. The van der Waals surface area contributed by atoms with Crippen LogP contribution in [0.1, 0.15) is 42.9 Å². The van der Waals surface area contributed by atoms with Crippen LogP contribution in [0.5, 0.6) is 0 Å². The Labute approximate surface area is 161 Å². The average Bonchev–Trinajstić information content (AvgIpc) is 3.02. The quantitative estimate of drug-likeness (QED) is 0.194. The monoisotopic (exact) mass is 384 g/mol. The van der Waals surface area contributed by atoms with E-state index in [0.29, 0.717) is 6.42 Å². The molecule has 4 rings (SSSR count). The normalized spacial score (nSPS) is 12.2. The Morgan fingerprint density at radius 1 is 0.714 bits per heavy atom. The molecule has 0 spiro atoms. The molecule has 1 aliphatic rings. The van der Waals surface area contributed by atoms with Gasteiger partial charge in [0.05, 0.1) is 0 Å². The van der Waals surface area contributed by atoms with Crippen molar-refractivity contribution in [2.75, 3.05) is 0 Å². The van der Waals surface area contributed by atoms with Crippen molar-refractivity contribution in [2.24, 2.45) is 0 Å². The topological polar surface area (TPSA) is 0 Å². The molecule has 0 aliphatic heterocycles. The zero-order valence-corrected chi connectivity index (χ0v) is 15.6. The van der Waals surface area contributed by atoms with E-state index in [2.05, 4.69) is 19.1 Å². The van der Waals surface area contributed by atoms with Crippen LogP contribution in [0.4, 0.5) is 17.6 Å². The standard InChI is InChI=1S/C24H20F4/c1-2-3-4-5-14-6-7-18-15(8-14)9-16-10-20(21(25)13-19(16)18)17-11-22(26)24(28)23(27)12-17/h6-8,10-13H,2-5,9H2,1H3. The molecular weight excluding hydrogens is 364 g/mol. The fourth-order valence-corrected chi connectivity index (χ4v) is 3.94. The first-order valence-corrected chi connectivity index (χ1v) is 9.57. The van der Waals surface area contributed by atoms with E-state index in [1.807, 2.05) is 6.07 Å². The van der Waals surface area contributed by atoms with Crippen molar-refractivity contribution in [1.29, 1.82) is 0 Å². The molecular formula is C24H20F4. The summed E-state index contributed by atoms with van der Waals surface area (Å²) >= 11 is 0. The van der Waals surface area contributed by atoms with Gasteiger partial charge in [-0.25, -0.2) is 17.6 Å². The van der Waals surface area contributed by atoms with Crippen LogP contribution in [-0.2, 0) is 12.8 Å². The van der Waals surface area contributed by atoms with Gasteiger partial charge in [-0.15, -0.1) is 0 Å². The lowest BCUT2D eigenvalue weighted by atomic mass is 9.97. The van der Waals surface area contributed by atoms with Crippen LogP contribution in [0.25, 0.3) is 22.3 Å². The highest BCUT2D eigenvalue weighted by Gasteiger charge is 2.22. The van der Waals surface area contributed by atoms with Crippen LogP contribution in [0.3, 0.4) is 0 Å². The minimum absolute atomic E-state index is 0.00656. The van der Waals surface area contributed by atoms with Crippen LogP contribution in [0.15, 0.2) is 42.5 Å². The molecule has 144 valence electrons. The molecule has 0 saturated heterocycles. The van der Waals surface area contributed by atoms with Gasteiger partial charge in [-0.05, 0) is 76.9 Å². The van der Waals surface area contributed by atoms with Crippen LogP contribution in [0.2, 0.25) is 0 Å². The molecule has 0 atom stereocenters. The maximum atomic E-state index is 14.7. The SMILES string of the molecule is CCCCCc1ccc2c(c1)Cc1cc(-c3cc(F)c(F)c(F)c3)c(F)cc1-2. The lowest BCUT2D eigenvalue weighted by Crippen LogP contribution is -1.95. The van der Waals surface area contributed by atoms with Gasteiger partial charge in [0, 0.05) is 5.56 Å². The van der Waals surface area contributed by atoms with Crippen LogP contribution < -0.4 is 0 Å². The number of unbranched alkanes of at least 4 members (excludes halogenated alkanes) is 2. The Morgan fingerprint density at radius 2 is 1.43 bits per heavy atom. The fourth-order valence-electron chi connectivity index (χ4n) is 3.94. The van der Waals surface area contributed by atoms with Gasteiger partial charge in [-0.1, -0.05) is 38.0 Å². The summed E-state index contributed by atoms with van der Waals surface area (Å²) in [6.07, 6.45) is 5.17. The first-order chi connectivity index (χ1) is 13.5. The van der Waals surface area contributed by atoms with Crippen molar-refractivity contribution >= 4 is 0 Å². The van der Waals surface area contributed by atoms with E-state index in [1.54, 1.807) is 6.07 Å². The number of halogens is 4. The Morgan fingerprint density at radius 3 is 2.14 bits per heavy atom. The third kappa shape index (κ3) is 3.32. The van der Waals surface area contributed by atoms with E-state index in [9.17, 15) is 17.6 Å². The van der Waals surface area contributed by atoms with Gasteiger partial charge in [0.25, 0.3) is 0 Å². The van der Waals surface area contributed by atoms with Crippen LogP contribution in [-0.4, -0.2) is 0 Å². The van der Waals surface area contributed by atoms with E-state index >= 15 is 0 Å². The van der Waals surface area contributed by atoms with Gasteiger partial charge in [0.1, 0.15) is 5.82 Å². The summed E-state index contributed by atoms with van der Waals surface area (Å²) in [7, 11) is 0. The first kappa shape index (κ1) is 18.7. The van der Waals surface area contributed by atoms with Crippen molar-refractivity contribution in [1.82, 2.24) is 0 Å². The molecule has 3 aromatic carbocycles. The number of aryl methyl sites for hydroxylation is 1. The van der Waals surface area contributed by atoms with Crippen molar-refractivity contribution in [2.45, 2.75) is 39.0 Å². The van der Waals surface area contributed by atoms with Gasteiger partial charge in [0.2, 0.25) is 0 Å². The summed E-state index contributed by atoms with van der Waals surface area (Å²) in [6, 6.07) is 11.0. The summed E-state index contributed by atoms with van der Waals surface area (Å²) in [5.74, 6) is -4.78. The van der Waals surface area contributed by atoms with E-state index in [0.717, 1.165) is 47.2 Å². The fraction of sp³-hybridized carbons (Fsp3) is 0.250. The zero-order valence-electron chi connectivity index (χ0n) is 15.6. The molecule has 0 radical (unpaired) electrons. The number of rotatable bonds is 5. The Bertz CT molecular complexity index is 1030. The van der Waals surface area contributed by atoms with Crippen molar-refractivity contribution in [3.05, 3.63) is 82.4 Å². The van der Waals surface area contributed by atoms with E-state index in [1.165, 1.54) is 24.5 Å². The van der Waals surface area contributed by atoms with E-state index in [4.69, 9.17) is 0 Å². The summed E-state index contributed by atoms with van der Waals surface area (Å²) < 4.78 is 55.1. The molecule has 28 heavy (non-hydrogen) atoms. The molecule has 0 fully saturated rings. The average molecular weight is 384 g/mol. The smallest absolute Gasteiger partial charge is 0.194 e. The first-order valence-electron chi connectivity index (χ1n) is 9.57. The minimum Gasteiger partial charge on any atom is -0.206 e. The van der Waals surface area contributed by atoms with Crippen LogP contribution in [0, 0.1) is 23.3 Å². The maximum absolute atomic E-state index is 14.7. The lowest BCUT2D eigenvalue weighted by Gasteiger charge is -2.09.